The summed E-state index contributed by atoms with van der Waals surface area (Å²) in [5.41, 5.74) is 3.94. The first-order valence-electron chi connectivity index (χ1n) is 19.9. The van der Waals surface area contributed by atoms with Gasteiger partial charge in [-0.15, -0.1) is 45.3 Å². The lowest BCUT2D eigenvalue weighted by molar-refractivity contribution is 0.194. The maximum atomic E-state index is 7.29. The molecule has 0 aliphatic rings. The zero-order valence-corrected chi connectivity index (χ0v) is 39.0. The quantitative estimate of drug-likeness (QED) is 0.0567. The Morgan fingerprint density at radius 1 is 0.509 bits per heavy atom. The largest absolute Gasteiger partial charge is 0.489 e. The summed E-state index contributed by atoms with van der Waals surface area (Å²) in [4.78, 5) is 2.35. The molecule has 6 aromatic rings. The zero-order chi connectivity index (χ0) is 37.2. The van der Waals surface area contributed by atoms with E-state index < -0.39 is 0 Å². The van der Waals surface area contributed by atoms with Gasteiger partial charge < -0.3 is 9.47 Å². The van der Waals surface area contributed by atoms with Gasteiger partial charge in [0.1, 0.15) is 11.0 Å². The standard InChI is InChI=1S/C42H54Br2N2O2S5/c1-5-9-13-15-19-27(17-11-7-3)25-47-41-37(33-21-29-31(49-33)23-35(43)51-29)39-40(46-53-45-39)38(34-22-30-32(50-34)24-36(44)52-30)42(41)48-26-28(18-12-8-4)20-16-14-10-6-2/h21-24,27-28H,5-20,25-26H2,1-4H3. The van der Waals surface area contributed by atoms with Crippen LogP contribution >= 0.6 is 88.9 Å². The van der Waals surface area contributed by atoms with Crippen molar-refractivity contribution in [3.63, 3.8) is 0 Å². The number of hydrogen-bond donors (Lipinski definition) is 0. The second kappa shape index (κ2) is 20.9. The normalized spacial score (nSPS) is 13.2. The van der Waals surface area contributed by atoms with Crippen molar-refractivity contribution in [2.24, 2.45) is 11.8 Å². The fourth-order valence-corrected chi connectivity index (χ4v) is 14.0. The summed E-state index contributed by atoms with van der Waals surface area (Å²) in [6.45, 7) is 10.6. The van der Waals surface area contributed by atoms with Gasteiger partial charge in [0.15, 0.2) is 11.5 Å². The maximum Gasteiger partial charge on any atom is 0.172 e. The van der Waals surface area contributed by atoms with Gasteiger partial charge in [-0.1, -0.05) is 105 Å². The molecule has 11 heteroatoms. The molecule has 0 bridgehead atoms. The van der Waals surface area contributed by atoms with Gasteiger partial charge in [-0.2, -0.15) is 8.75 Å². The summed E-state index contributed by atoms with van der Waals surface area (Å²) in [6, 6.07) is 9.13. The molecule has 0 N–H and O–H groups in total. The molecule has 0 radical (unpaired) electrons. The number of hydrogen-bond acceptors (Lipinski definition) is 9. The predicted octanol–water partition coefficient (Wildman–Crippen LogP) is 17.4. The van der Waals surface area contributed by atoms with Crippen LogP contribution in [0.3, 0.4) is 0 Å². The Labute approximate surface area is 353 Å². The Morgan fingerprint density at radius 2 is 0.906 bits per heavy atom. The average Bonchev–Trinajstić information content (AvgIpc) is 3.97. The molecule has 5 heterocycles. The van der Waals surface area contributed by atoms with Crippen LogP contribution in [0.2, 0.25) is 0 Å². The number of ether oxygens (including phenoxy) is 2. The van der Waals surface area contributed by atoms with E-state index in [2.05, 4.69) is 83.8 Å². The van der Waals surface area contributed by atoms with E-state index >= 15 is 0 Å². The minimum atomic E-state index is 0.503. The Bertz CT molecular complexity index is 1820. The van der Waals surface area contributed by atoms with Crippen LogP contribution in [-0.2, 0) is 0 Å². The van der Waals surface area contributed by atoms with E-state index in [9.17, 15) is 0 Å². The highest BCUT2D eigenvalue weighted by molar-refractivity contribution is 9.11. The number of benzene rings is 1. The van der Waals surface area contributed by atoms with E-state index in [1.54, 1.807) is 22.7 Å². The molecule has 1 aromatic carbocycles. The summed E-state index contributed by atoms with van der Waals surface area (Å²) >= 11 is 16.0. The van der Waals surface area contributed by atoms with Crippen molar-refractivity contribution in [2.75, 3.05) is 13.2 Å². The van der Waals surface area contributed by atoms with Crippen molar-refractivity contribution in [3.05, 3.63) is 31.8 Å². The number of rotatable bonds is 24. The van der Waals surface area contributed by atoms with Gasteiger partial charge in [-0.05, 0) is 93.6 Å². The minimum Gasteiger partial charge on any atom is -0.489 e. The van der Waals surface area contributed by atoms with Crippen molar-refractivity contribution >= 4 is 119 Å². The van der Waals surface area contributed by atoms with Gasteiger partial charge in [-0.25, -0.2) is 0 Å². The lowest BCUT2D eigenvalue weighted by atomic mass is 9.95. The van der Waals surface area contributed by atoms with Gasteiger partial charge in [0.2, 0.25) is 0 Å². The predicted molar refractivity (Wildman–Crippen MR) is 245 cm³/mol. The molecule has 0 spiro atoms. The molecule has 4 nitrogen and oxygen atoms in total. The lowest BCUT2D eigenvalue weighted by Gasteiger charge is -2.24. The third kappa shape index (κ3) is 10.7. The third-order valence-corrected chi connectivity index (χ3v) is 16.4. The first kappa shape index (κ1) is 41.6. The van der Waals surface area contributed by atoms with E-state index in [1.165, 1.54) is 143 Å². The SMILES string of the molecule is CCCCCCC(CCCC)COc1c(OCC(CCCC)CCCCCC)c(-c2cc3sc(Br)cc3s2)c2nsnc2c1-c1cc2sc(Br)cc2s1. The molecule has 2 atom stereocenters. The first-order chi connectivity index (χ1) is 25.9. The average molecular weight is 939 g/mol. The Balaban J connectivity index is 1.49. The molecular weight excluding hydrogens is 885 g/mol. The van der Waals surface area contributed by atoms with Crippen molar-refractivity contribution in [1.82, 2.24) is 8.75 Å². The van der Waals surface area contributed by atoms with E-state index in [4.69, 9.17) is 18.2 Å². The van der Waals surface area contributed by atoms with E-state index in [1.807, 2.05) is 22.7 Å². The number of halogens is 2. The Hall–Kier alpha value is -1.08. The lowest BCUT2D eigenvalue weighted by Crippen LogP contribution is -2.16. The molecule has 0 saturated carbocycles. The van der Waals surface area contributed by atoms with Gasteiger partial charge in [-0.3, -0.25) is 0 Å². The van der Waals surface area contributed by atoms with Crippen molar-refractivity contribution < 1.29 is 9.47 Å². The molecule has 6 rings (SSSR count). The van der Waals surface area contributed by atoms with Crippen LogP contribution in [0.4, 0.5) is 0 Å². The Morgan fingerprint density at radius 3 is 1.30 bits per heavy atom. The van der Waals surface area contributed by atoms with Gasteiger partial charge in [0, 0.05) is 28.6 Å². The highest BCUT2D eigenvalue weighted by Crippen LogP contribution is 2.55. The maximum absolute atomic E-state index is 7.29. The van der Waals surface area contributed by atoms with Gasteiger partial charge in [0.05, 0.1) is 43.6 Å². The minimum absolute atomic E-state index is 0.503. The second-order valence-electron chi connectivity index (χ2n) is 14.5. The molecule has 0 saturated heterocycles. The van der Waals surface area contributed by atoms with E-state index in [0.29, 0.717) is 25.0 Å². The number of thiophene rings is 4. The highest BCUT2D eigenvalue weighted by Gasteiger charge is 2.30. The third-order valence-electron chi connectivity index (χ3n) is 10.3. The first-order valence-corrected chi connectivity index (χ1v) is 25.5. The van der Waals surface area contributed by atoms with Gasteiger partial charge in [0.25, 0.3) is 0 Å². The summed E-state index contributed by atoms with van der Waals surface area (Å²) < 4.78 is 32.1. The fraction of sp³-hybridized carbons (Fsp3) is 0.571. The zero-order valence-electron chi connectivity index (χ0n) is 31.7. The topological polar surface area (TPSA) is 44.2 Å². The second-order valence-corrected chi connectivity index (χ2v) is 22.1. The summed E-state index contributed by atoms with van der Waals surface area (Å²) in [7, 11) is 0. The van der Waals surface area contributed by atoms with Crippen LogP contribution < -0.4 is 9.47 Å². The molecule has 0 aliphatic carbocycles. The summed E-state index contributed by atoms with van der Waals surface area (Å²) in [6.07, 6.45) is 19.9. The number of unbranched alkanes of at least 4 members (excludes halogenated alkanes) is 8. The monoisotopic (exact) mass is 936 g/mol. The summed E-state index contributed by atoms with van der Waals surface area (Å²) in [5, 5.41) is 0. The highest BCUT2D eigenvalue weighted by atomic mass is 79.9. The molecule has 53 heavy (non-hydrogen) atoms. The van der Waals surface area contributed by atoms with Gasteiger partial charge >= 0.3 is 0 Å². The van der Waals surface area contributed by atoms with Crippen molar-refractivity contribution in [2.45, 2.75) is 130 Å². The molecule has 0 fully saturated rings. The number of fused-ring (bicyclic) bond motifs is 3. The van der Waals surface area contributed by atoms with Crippen molar-refractivity contribution in [1.29, 1.82) is 0 Å². The summed E-state index contributed by atoms with van der Waals surface area (Å²) in [5.74, 6) is 2.73. The van der Waals surface area contributed by atoms with E-state index in [0.717, 1.165) is 41.2 Å². The number of aromatic nitrogens is 2. The molecule has 2 unspecified atom stereocenters. The molecule has 5 aromatic heterocycles. The van der Waals surface area contributed by atoms with Crippen LogP contribution in [-0.4, -0.2) is 22.0 Å². The van der Waals surface area contributed by atoms with Crippen LogP contribution in [0.1, 0.15) is 130 Å². The molecule has 0 amide bonds. The molecule has 288 valence electrons. The van der Waals surface area contributed by atoms with E-state index in [-0.39, 0.29) is 0 Å². The van der Waals surface area contributed by atoms with Crippen LogP contribution in [0.25, 0.3) is 50.7 Å². The smallest absolute Gasteiger partial charge is 0.172 e. The van der Waals surface area contributed by atoms with Crippen molar-refractivity contribution in [3.8, 4) is 32.4 Å². The molecular formula is C42H54Br2N2O2S5. The fourth-order valence-electron chi connectivity index (χ4n) is 7.28. The Kier molecular flexibility index (Phi) is 16.4. The van der Waals surface area contributed by atoms with Crippen LogP contribution in [0.15, 0.2) is 31.8 Å². The van der Waals surface area contributed by atoms with Crippen LogP contribution in [0, 0.1) is 11.8 Å². The number of nitrogens with zero attached hydrogens (tertiary/aromatic N) is 2. The van der Waals surface area contributed by atoms with Crippen LogP contribution in [0.5, 0.6) is 11.5 Å². The molecule has 0 aliphatic heterocycles.